The molecule has 1 rings (SSSR count). The summed E-state index contributed by atoms with van der Waals surface area (Å²) < 4.78 is 36.8. The van der Waals surface area contributed by atoms with Crippen LogP contribution < -0.4 is 5.73 Å². The average molecular weight is 230 g/mol. The SMILES string of the molecule is NC(=O)CC=Cc1cncc(C(F)(F)F)c1. The fourth-order valence-corrected chi connectivity index (χ4v) is 1.02. The third-order valence-corrected chi connectivity index (χ3v) is 1.72. The van der Waals surface area contributed by atoms with Crippen molar-refractivity contribution in [3.05, 3.63) is 35.7 Å². The number of nitrogens with zero attached hydrogens (tertiary/aromatic N) is 1. The van der Waals surface area contributed by atoms with Gasteiger partial charge in [0.2, 0.25) is 5.91 Å². The minimum Gasteiger partial charge on any atom is -0.369 e. The Kier molecular flexibility index (Phi) is 3.65. The Labute approximate surface area is 89.8 Å². The van der Waals surface area contributed by atoms with Gasteiger partial charge in [-0.2, -0.15) is 13.2 Å². The molecule has 3 nitrogen and oxygen atoms in total. The number of alkyl halides is 3. The molecule has 0 radical (unpaired) electrons. The van der Waals surface area contributed by atoms with Crippen LogP contribution in [0.2, 0.25) is 0 Å². The Morgan fingerprint density at radius 3 is 2.69 bits per heavy atom. The second kappa shape index (κ2) is 4.78. The van der Waals surface area contributed by atoms with Crippen LogP contribution in [0.3, 0.4) is 0 Å². The van der Waals surface area contributed by atoms with Crippen molar-refractivity contribution >= 4 is 12.0 Å². The van der Waals surface area contributed by atoms with Crippen LogP contribution in [0.25, 0.3) is 6.08 Å². The molecule has 0 aliphatic carbocycles. The second-order valence-electron chi connectivity index (χ2n) is 3.08. The summed E-state index contributed by atoms with van der Waals surface area (Å²) in [7, 11) is 0. The van der Waals surface area contributed by atoms with Gasteiger partial charge in [0.1, 0.15) is 0 Å². The summed E-state index contributed by atoms with van der Waals surface area (Å²) in [6, 6.07) is 0.949. The Morgan fingerprint density at radius 2 is 2.12 bits per heavy atom. The van der Waals surface area contributed by atoms with Gasteiger partial charge >= 0.3 is 6.18 Å². The molecule has 2 N–H and O–H groups in total. The maximum Gasteiger partial charge on any atom is 0.417 e. The number of primary amides is 1. The predicted molar refractivity (Wildman–Crippen MR) is 52.1 cm³/mol. The first-order chi connectivity index (χ1) is 7.39. The molecular weight excluding hydrogens is 221 g/mol. The van der Waals surface area contributed by atoms with Crippen molar-refractivity contribution in [1.29, 1.82) is 0 Å². The first-order valence-electron chi connectivity index (χ1n) is 4.36. The van der Waals surface area contributed by atoms with Gasteiger partial charge in [-0.25, -0.2) is 0 Å². The number of halogens is 3. The number of amides is 1. The van der Waals surface area contributed by atoms with Crippen LogP contribution in [0.5, 0.6) is 0 Å². The second-order valence-corrected chi connectivity index (χ2v) is 3.08. The number of nitrogens with two attached hydrogens (primary N) is 1. The normalized spacial score (nSPS) is 11.9. The van der Waals surface area contributed by atoms with Gasteiger partial charge in [0.25, 0.3) is 0 Å². The number of carbonyl (C=O) groups is 1. The third-order valence-electron chi connectivity index (χ3n) is 1.72. The Morgan fingerprint density at radius 1 is 1.44 bits per heavy atom. The monoisotopic (exact) mass is 230 g/mol. The minimum absolute atomic E-state index is 0.0176. The van der Waals surface area contributed by atoms with Crippen LogP contribution in [0.4, 0.5) is 13.2 Å². The summed E-state index contributed by atoms with van der Waals surface area (Å²) in [5, 5.41) is 0. The van der Waals surface area contributed by atoms with E-state index in [0.29, 0.717) is 0 Å². The summed E-state index contributed by atoms with van der Waals surface area (Å²) in [6.45, 7) is 0. The highest BCUT2D eigenvalue weighted by Crippen LogP contribution is 2.29. The molecule has 16 heavy (non-hydrogen) atoms. The molecule has 1 amide bonds. The van der Waals surface area contributed by atoms with Gasteiger partial charge in [-0.1, -0.05) is 12.2 Å². The van der Waals surface area contributed by atoms with E-state index in [4.69, 9.17) is 5.73 Å². The molecule has 0 saturated heterocycles. The zero-order valence-corrected chi connectivity index (χ0v) is 8.16. The molecule has 6 heteroatoms. The highest BCUT2D eigenvalue weighted by atomic mass is 19.4. The maximum absolute atomic E-state index is 12.3. The lowest BCUT2D eigenvalue weighted by Crippen LogP contribution is -2.08. The molecule has 0 unspecified atom stereocenters. The quantitative estimate of drug-likeness (QED) is 0.863. The largest absolute Gasteiger partial charge is 0.417 e. The smallest absolute Gasteiger partial charge is 0.369 e. The molecule has 0 bridgehead atoms. The lowest BCUT2D eigenvalue weighted by molar-refractivity contribution is -0.137. The van der Waals surface area contributed by atoms with Gasteiger partial charge < -0.3 is 5.73 Å². The zero-order chi connectivity index (χ0) is 12.2. The van der Waals surface area contributed by atoms with Crippen molar-refractivity contribution < 1.29 is 18.0 Å². The molecule has 1 aromatic rings. The molecule has 0 aliphatic heterocycles. The van der Waals surface area contributed by atoms with Gasteiger partial charge in [0.05, 0.1) is 5.56 Å². The molecule has 1 aromatic heterocycles. The van der Waals surface area contributed by atoms with Crippen LogP contribution in [0.15, 0.2) is 24.5 Å². The first kappa shape index (κ1) is 12.2. The van der Waals surface area contributed by atoms with Gasteiger partial charge in [-0.3, -0.25) is 9.78 Å². The fourth-order valence-electron chi connectivity index (χ4n) is 1.02. The van der Waals surface area contributed by atoms with Gasteiger partial charge in [0, 0.05) is 18.8 Å². The molecule has 0 spiro atoms. The fraction of sp³-hybridized carbons (Fsp3) is 0.200. The van der Waals surface area contributed by atoms with Gasteiger partial charge in [-0.05, 0) is 11.6 Å². The van der Waals surface area contributed by atoms with Crippen molar-refractivity contribution in [2.24, 2.45) is 5.73 Å². The van der Waals surface area contributed by atoms with Crippen LogP contribution in [-0.4, -0.2) is 10.9 Å². The van der Waals surface area contributed by atoms with E-state index in [1.807, 2.05) is 0 Å². The van der Waals surface area contributed by atoms with E-state index in [0.717, 1.165) is 12.3 Å². The zero-order valence-electron chi connectivity index (χ0n) is 8.16. The van der Waals surface area contributed by atoms with E-state index in [2.05, 4.69) is 4.98 Å². The topological polar surface area (TPSA) is 56.0 Å². The molecule has 86 valence electrons. The van der Waals surface area contributed by atoms with Crippen molar-refractivity contribution in [1.82, 2.24) is 4.98 Å². The van der Waals surface area contributed by atoms with E-state index < -0.39 is 17.6 Å². The van der Waals surface area contributed by atoms with Crippen LogP contribution in [0.1, 0.15) is 17.5 Å². The summed E-state index contributed by atoms with van der Waals surface area (Å²) in [5.74, 6) is -0.545. The van der Waals surface area contributed by atoms with Gasteiger partial charge in [-0.15, -0.1) is 0 Å². The number of carbonyl (C=O) groups excluding carboxylic acids is 1. The predicted octanol–water partition coefficient (Wildman–Crippen LogP) is 1.99. The summed E-state index contributed by atoms with van der Waals surface area (Å²) in [6.07, 6.45) is 0.335. The molecule has 0 fully saturated rings. The lowest BCUT2D eigenvalue weighted by atomic mass is 10.2. The average Bonchev–Trinajstić information content (AvgIpc) is 2.16. The summed E-state index contributed by atoms with van der Waals surface area (Å²) >= 11 is 0. The van der Waals surface area contributed by atoms with E-state index in [1.54, 1.807) is 0 Å². The number of rotatable bonds is 3. The lowest BCUT2D eigenvalue weighted by Gasteiger charge is -2.05. The molecular formula is C10H9F3N2O. The third kappa shape index (κ3) is 3.72. The van der Waals surface area contributed by atoms with E-state index in [-0.39, 0.29) is 12.0 Å². The number of pyridine rings is 1. The van der Waals surface area contributed by atoms with Crippen LogP contribution in [-0.2, 0) is 11.0 Å². The summed E-state index contributed by atoms with van der Waals surface area (Å²) in [4.78, 5) is 13.9. The van der Waals surface area contributed by atoms with Crippen LogP contribution >= 0.6 is 0 Å². The van der Waals surface area contributed by atoms with Crippen LogP contribution in [0, 0.1) is 0 Å². The maximum atomic E-state index is 12.3. The van der Waals surface area contributed by atoms with Crippen molar-refractivity contribution in [3.8, 4) is 0 Å². The Hall–Kier alpha value is -1.85. The number of aromatic nitrogens is 1. The highest BCUT2D eigenvalue weighted by molar-refractivity contribution is 5.76. The molecule has 1 heterocycles. The number of hydrogen-bond donors (Lipinski definition) is 1. The highest BCUT2D eigenvalue weighted by Gasteiger charge is 2.30. The Bertz CT molecular complexity index is 413. The molecule has 0 saturated carbocycles. The minimum atomic E-state index is -4.42. The van der Waals surface area contributed by atoms with E-state index in [9.17, 15) is 18.0 Å². The molecule has 0 aliphatic rings. The Balaban J connectivity index is 2.83. The standard InChI is InChI=1S/C10H9F3N2O/c11-10(12,13)8-4-7(5-15-6-8)2-1-3-9(14)16/h1-2,4-6H,3H2,(H2,14,16). The summed E-state index contributed by atoms with van der Waals surface area (Å²) in [5.41, 5.74) is 4.32. The van der Waals surface area contributed by atoms with Crippen molar-refractivity contribution in [2.45, 2.75) is 12.6 Å². The molecule has 0 aromatic carbocycles. The van der Waals surface area contributed by atoms with E-state index in [1.165, 1.54) is 18.3 Å². The molecule has 0 atom stereocenters. The van der Waals surface area contributed by atoms with Crippen molar-refractivity contribution in [3.63, 3.8) is 0 Å². The van der Waals surface area contributed by atoms with Gasteiger partial charge in [0.15, 0.2) is 0 Å². The van der Waals surface area contributed by atoms with Crippen molar-refractivity contribution in [2.75, 3.05) is 0 Å². The first-order valence-corrected chi connectivity index (χ1v) is 4.36. The van der Waals surface area contributed by atoms with E-state index >= 15 is 0 Å². The number of hydrogen-bond acceptors (Lipinski definition) is 2.